The van der Waals surface area contributed by atoms with Crippen molar-refractivity contribution in [3.63, 3.8) is 0 Å². The van der Waals surface area contributed by atoms with Crippen molar-refractivity contribution >= 4 is 5.91 Å². The van der Waals surface area contributed by atoms with Gasteiger partial charge in [-0.3, -0.25) is 9.69 Å². The van der Waals surface area contributed by atoms with Gasteiger partial charge in [-0.15, -0.1) is 0 Å². The van der Waals surface area contributed by atoms with Gasteiger partial charge < -0.3 is 15.4 Å². The summed E-state index contributed by atoms with van der Waals surface area (Å²) >= 11 is 0. The van der Waals surface area contributed by atoms with E-state index in [0.717, 1.165) is 44.9 Å². The maximum Gasteiger partial charge on any atom is 0.225 e. The minimum absolute atomic E-state index is 0.253. The second-order valence-electron chi connectivity index (χ2n) is 10.3. The Kier molecular flexibility index (Phi) is 6.63. The molecule has 4 unspecified atom stereocenters. The van der Waals surface area contributed by atoms with Gasteiger partial charge in [0.15, 0.2) is 0 Å². The minimum atomic E-state index is 0.253. The first-order valence-electron chi connectivity index (χ1n) is 11.9. The van der Waals surface area contributed by atoms with Crippen LogP contribution < -0.4 is 5.73 Å². The van der Waals surface area contributed by atoms with Crippen LogP contribution in [0.4, 0.5) is 0 Å². The maximum atomic E-state index is 13.1. The average molecular weight is 392 g/mol. The van der Waals surface area contributed by atoms with Gasteiger partial charge in [-0.1, -0.05) is 6.42 Å². The van der Waals surface area contributed by atoms with Crippen LogP contribution in [0.5, 0.6) is 0 Å². The van der Waals surface area contributed by atoms with Gasteiger partial charge in [-0.25, -0.2) is 0 Å². The molecule has 0 aromatic heterocycles. The van der Waals surface area contributed by atoms with Crippen molar-refractivity contribution in [3.8, 4) is 0 Å². The molecule has 28 heavy (non-hydrogen) atoms. The van der Waals surface area contributed by atoms with Gasteiger partial charge in [-0.2, -0.15) is 0 Å². The molecule has 160 valence electrons. The fourth-order valence-electron chi connectivity index (χ4n) is 6.52. The number of piperidine rings is 1. The second kappa shape index (κ2) is 9.01. The molecular weight excluding hydrogens is 350 g/mol. The monoisotopic (exact) mass is 391 g/mol. The number of nitrogens with zero attached hydrogens (tertiary/aromatic N) is 2. The molecule has 2 N–H and O–H groups in total. The fraction of sp³-hybridized carbons (Fsp3) is 0.957. The molecule has 0 radical (unpaired) electrons. The zero-order valence-corrected chi connectivity index (χ0v) is 18.0. The van der Waals surface area contributed by atoms with Crippen molar-refractivity contribution in [2.24, 2.45) is 29.4 Å². The number of carbonyl (C=O) groups excluding carboxylic acids is 1. The van der Waals surface area contributed by atoms with Crippen molar-refractivity contribution in [1.29, 1.82) is 0 Å². The highest BCUT2D eigenvalue weighted by Crippen LogP contribution is 2.42. The first kappa shape index (κ1) is 20.6. The van der Waals surface area contributed by atoms with Crippen LogP contribution in [0.25, 0.3) is 0 Å². The van der Waals surface area contributed by atoms with Crippen molar-refractivity contribution in [2.45, 2.75) is 83.5 Å². The molecular formula is C23H41N3O2. The number of fused-ring (bicyclic) bond motifs is 2. The summed E-state index contributed by atoms with van der Waals surface area (Å²) in [6.07, 6.45) is 10.2. The van der Waals surface area contributed by atoms with E-state index in [1.165, 1.54) is 45.1 Å². The predicted octanol–water partition coefficient (Wildman–Crippen LogP) is 2.88. The predicted molar refractivity (Wildman–Crippen MR) is 112 cm³/mol. The number of hydrogen-bond acceptors (Lipinski definition) is 4. The van der Waals surface area contributed by atoms with Gasteiger partial charge in [0.1, 0.15) is 0 Å². The second-order valence-corrected chi connectivity index (χ2v) is 10.3. The van der Waals surface area contributed by atoms with Gasteiger partial charge in [0.25, 0.3) is 0 Å². The summed E-state index contributed by atoms with van der Waals surface area (Å²) in [5.41, 5.74) is 6.42. The van der Waals surface area contributed by atoms with E-state index < -0.39 is 0 Å². The lowest BCUT2D eigenvalue weighted by Gasteiger charge is -2.45. The molecule has 2 bridgehead atoms. The zero-order chi connectivity index (χ0) is 19.7. The van der Waals surface area contributed by atoms with Crippen molar-refractivity contribution in [3.05, 3.63) is 0 Å². The topological polar surface area (TPSA) is 58.8 Å². The number of rotatable bonds is 4. The molecule has 4 atom stereocenters. The van der Waals surface area contributed by atoms with Crippen molar-refractivity contribution in [2.75, 3.05) is 32.7 Å². The molecule has 2 aliphatic heterocycles. The van der Waals surface area contributed by atoms with Crippen LogP contribution in [0.15, 0.2) is 0 Å². The molecule has 2 saturated carbocycles. The molecule has 5 nitrogen and oxygen atoms in total. The Morgan fingerprint density at radius 2 is 1.61 bits per heavy atom. The Labute approximate surface area is 171 Å². The summed E-state index contributed by atoms with van der Waals surface area (Å²) in [4.78, 5) is 17.9. The maximum absolute atomic E-state index is 13.1. The molecule has 2 saturated heterocycles. The molecule has 2 heterocycles. The lowest BCUT2D eigenvalue weighted by molar-refractivity contribution is -0.140. The molecule has 4 rings (SSSR count). The SMILES string of the molecule is CC1CN(CCC2CCN(C(=O)C3CC4CCCC(C3)C4N)CC2)CC(C)O1. The number of carbonyl (C=O) groups is 1. The Morgan fingerprint density at radius 3 is 2.21 bits per heavy atom. The highest BCUT2D eigenvalue weighted by molar-refractivity contribution is 5.79. The lowest BCUT2D eigenvalue weighted by atomic mass is 9.65. The van der Waals surface area contributed by atoms with E-state index in [9.17, 15) is 4.79 Å². The number of amides is 1. The molecule has 1 amide bonds. The lowest BCUT2D eigenvalue weighted by Crippen LogP contribution is -2.51. The molecule has 0 aromatic rings. The summed E-state index contributed by atoms with van der Waals surface area (Å²) in [7, 11) is 0. The van der Waals surface area contributed by atoms with Crippen LogP contribution in [0, 0.1) is 23.7 Å². The minimum Gasteiger partial charge on any atom is -0.373 e. The average Bonchev–Trinajstić information content (AvgIpc) is 2.65. The molecule has 0 spiro atoms. The third-order valence-electron chi connectivity index (χ3n) is 8.04. The zero-order valence-electron chi connectivity index (χ0n) is 18.0. The summed E-state index contributed by atoms with van der Waals surface area (Å²) in [6.45, 7) is 9.61. The Morgan fingerprint density at radius 1 is 1.00 bits per heavy atom. The first-order valence-corrected chi connectivity index (χ1v) is 11.9. The fourth-order valence-corrected chi connectivity index (χ4v) is 6.52. The van der Waals surface area contributed by atoms with Gasteiger partial charge >= 0.3 is 0 Å². The van der Waals surface area contributed by atoms with E-state index >= 15 is 0 Å². The van der Waals surface area contributed by atoms with E-state index in [2.05, 4.69) is 23.6 Å². The highest BCUT2D eigenvalue weighted by atomic mass is 16.5. The third-order valence-corrected chi connectivity index (χ3v) is 8.04. The summed E-state index contributed by atoms with van der Waals surface area (Å²) in [5.74, 6) is 2.66. The largest absolute Gasteiger partial charge is 0.373 e. The number of likely N-dealkylation sites (tertiary alicyclic amines) is 1. The van der Waals surface area contributed by atoms with Crippen molar-refractivity contribution in [1.82, 2.24) is 9.80 Å². The van der Waals surface area contributed by atoms with Crippen LogP contribution in [-0.4, -0.2) is 66.7 Å². The van der Waals surface area contributed by atoms with E-state index in [-0.39, 0.29) is 5.92 Å². The van der Waals surface area contributed by atoms with E-state index in [1.54, 1.807) is 0 Å². The Balaban J connectivity index is 1.20. The van der Waals surface area contributed by atoms with E-state index in [1.807, 2.05) is 0 Å². The summed E-state index contributed by atoms with van der Waals surface area (Å²) in [6, 6.07) is 0.356. The third kappa shape index (κ3) is 4.73. The normalized spacial score (nSPS) is 40.5. The van der Waals surface area contributed by atoms with Crippen LogP contribution >= 0.6 is 0 Å². The molecule has 5 heteroatoms. The first-order chi connectivity index (χ1) is 13.5. The standard InChI is InChI=1S/C23H41N3O2/c1-16-14-25(15-17(2)28-16)9-6-18-7-10-26(11-8-18)23(27)21-12-19-4-3-5-20(13-21)22(19)24/h16-22H,3-15,24H2,1-2H3. The van der Waals surface area contributed by atoms with E-state index in [0.29, 0.717) is 36.0 Å². The molecule has 0 aromatic carbocycles. The van der Waals surface area contributed by atoms with E-state index in [4.69, 9.17) is 10.5 Å². The number of nitrogens with two attached hydrogens (primary N) is 1. The van der Waals surface area contributed by atoms with Gasteiger partial charge in [-0.05, 0) is 83.1 Å². The van der Waals surface area contributed by atoms with Crippen LogP contribution in [0.3, 0.4) is 0 Å². The summed E-state index contributed by atoms with van der Waals surface area (Å²) in [5, 5.41) is 0. The highest BCUT2D eigenvalue weighted by Gasteiger charge is 2.42. The van der Waals surface area contributed by atoms with Gasteiger partial charge in [0.05, 0.1) is 12.2 Å². The molecule has 2 aliphatic carbocycles. The smallest absolute Gasteiger partial charge is 0.225 e. The number of hydrogen-bond donors (Lipinski definition) is 1. The molecule has 4 aliphatic rings. The van der Waals surface area contributed by atoms with Crippen LogP contribution in [0.2, 0.25) is 0 Å². The van der Waals surface area contributed by atoms with Crippen LogP contribution in [-0.2, 0) is 9.53 Å². The van der Waals surface area contributed by atoms with Crippen molar-refractivity contribution < 1.29 is 9.53 Å². The van der Waals surface area contributed by atoms with Crippen LogP contribution in [0.1, 0.15) is 65.2 Å². The number of ether oxygens (including phenoxy) is 1. The van der Waals surface area contributed by atoms with Gasteiger partial charge in [0, 0.05) is 38.1 Å². The quantitative estimate of drug-likeness (QED) is 0.801. The van der Waals surface area contributed by atoms with Gasteiger partial charge in [0.2, 0.25) is 5.91 Å². The Bertz CT molecular complexity index is 510. The summed E-state index contributed by atoms with van der Waals surface area (Å²) < 4.78 is 5.85. The number of morpholine rings is 1. The molecule has 4 fully saturated rings. The Hall–Kier alpha value is -0.650.